The molecule has 120 valence electrons. The quantitative estimate of drug-likeness (QED) is 0.879. The largest absolute Gasteiger partial charge is 0.507 e. The molecule has 22 heavy (non-hydrogen) atoms. The topological polar surface area (TPSA) is 50.7 Å². The van der Waals surface area contributed by atoms with E-state index in [1.165, 1.54) is 5.56 Å². The summed E-state index contributed by atoms with van der Waals surface area (Å²) in [6, 6.07) is 6.24. The molecule has 1 aromatic carbocycles. The van der Waals surface area contributed by atoms with Crippen LogP contribution in [-0.4, -0.2) is 30.6 Å². The van der Waals surface area contributed by atoms with Gasteiger partial charge in [0.2, 0.25) is 0 Å². The Morgan fingerprint density at radius 3 is 2.68 bits per heavy atom. The van der Waals surface area contributed by atoms with Crippen molar-refractivity contribution in [2.24, 2.45) is 0 Å². The summed E-state index contributed by atoms with van der Waals surface area (Å²) in [6.07, 6.45) is 3.94. The smallest absolute Gasteiger partial charge is 0.168 e. The zero-order chi connectivity index (χ0) is 15.7. The van der Waals surface area contributed by atoms with Crippen LogP contribution in [0.2, 0.25) is 0 Å². The molecule has 0 bridgehead atoms. The average Bonchev–Trinajstić information content (AvgIpc) is 2.53. The predicted octanol–water partition coefficient (Wildman–Crippen LogP) is 3.44. The first-order chi connectivity index (χ1) is 10.6. The van der Waals surface area contributed by atoms with Gasteiger partial charge in [0, 0.05) is 12.7 Å². The molecule has 0 aromatic heterocycles. The van der Waals surface area contributed by atoms with Crippen LogP contribution >= 0.6 is 0 Å². The Bertz CT molecular complexity index is 586. The fourth-order valence-corrected chi connectivity index (χ4v) is 3.53. The summed E-state index contributed by atoms with van der Waals surface area (Å²) in [6.45, 7) is 4.54. The molecule has 4 heteroatoms. The molecule has 4 nitrogen and oxygen atoms in total. The summed E-state index contributed by atoms with van der Waals surface area (Å²) in [5, 5.41) is 14.3. The number of hydrogen-bond donors (Lipinski definition) is 2. The second-order valence-corrected chi connectivity index (χ2v) is 6.48. The molecule has 1 aliphatic heterocycles. The third-order valence-corrected chi connectivity index (χ3v) is 5.05. The zero-order valence-electron chi connectivity index (χ0n) is 13.6. The molecule has 0 radical (unpaired) electrons. The highest BCUT2D eigenvalue weighted by Gasteiger charge is 2.43. The van der Waals surface area contributed by atoms with Crippen LogP contribution in [0.25, 0.3) is 5.76 Å². The number of benzene rings is 1. The highest BCUT2D eigenvalue weighted by atomic mass is 16.5. The maximum atomic E-state index is 10.9. The molecule has 2 N–H and O–H groups in total. The van der Waals surface area contributed by atoms with Crippen LogP contribution < -0.4 is 5.32 Å². The first-order valence-corrected chi connectivity index (χ1v) is 7.98. The fraction of sp³-hybridized carbons (Fsp3) is 0.556. The van der Waals surface area contributed by atoms with Gasteiger partial charge in [0.05, 0.1) is 11.6 Å². The van der Waals surface area contributed by atoms with Gasteiger partial charge in [-0.15, -0.1) is 0 Å². The second kappa shape index (κ2) is 5.94. The standard InChI is InChI=1S/C18H25NO3/c1-12-4-5-13(2)15(10-12)16-17(20)18(19-11-22-16)8-6-14(21-3)7-9-18/h4-5,10,14,19-20H,6-9,11H2,1-3H3. The third kappa shape index (κ3) is 2.61. The highest BCUT2D eigenvalue weighted by molar-refractivity contribution is 5.67. The Hall–Kier alpha value is -1.52. The van der Waals surface area contributed by atoms with Crippen molar-refractivity contribution >= 4 is 5.76 Å². The van der Waals surface area contributed by atoms with E-state index in [2.05, 4.69) is 37.4 Å². The van der Waals surface area contributed by atoms with Gasteiger partial charge in [0.25, 0.3) is 0 Å². The molecule has 0 atom stereocenters. The minimum Gasteiger partial charge on any atom is -0.507 e. The Morgan fingerprint density at radius 1 is 1.27 bits per heavy atom. The van der Waals surface area contributed by atoms with Gasteiger partial charge in [-0.25, -0.2) is 0 Å². The number of rotatable bonds is 2. The van der Waals surface area contributed by atoms with Gasteiger partial charge in [-0.1, -0.05) is 17.7 Å². The Balaban J connectivity index is 1.97. The normalized spacial score (nSPS) is 28.8. The lowest BCUT2D eigenvalue weighted by Gasteiger charge is -2.43. The van der Waals surface area contributed by atoms with Crippen molar-refractivity contribution in [2.75, 3.05) is 13.8 Å². The number of nitrogens with one attached hydrogen (secondary N) is 1. The number of hydrogen-bond acceptors (Lipinski definition) is 4. The Morgan fingerprint density at radius 2 is 2.00 bits per heavy atom. The zero-order valence-corrected chi connectivity index (χ0v) is 13.6. The molecule has 1 aromatic rings. The Kier molecular flexibility index (Phi) is 4.15. The first kappa shape index (κ1) is 15.4. The summed E-state index contributed by atoms with van der Waals surface area (Å²) in [4.78, 5) is 0. The number of aliphatic hydroxyl groups excluding tert-OH is 1. The van der Waals surface area contributed by atoms with Gasteiger partial charge in [-0.3, -0.25) is 5.32 Å². The molecule has 1 spiro atoms. The lowest BCUT2D eigenvalue weighted by atomic mass is 9.77. The molecular formula is C18H25NO3. The van der Waals surface area contributed by atoms with Crippen LogP contribution in [0, 0.1) is 13.8 Å². The van der Waals surface area contributed by atoms with Crippen molar-refractivity contribution in [3.63, 3.8) is 0 Å². The molecule has 0 amide bonds. The van der Waals surface area contributed by atoms with Gasteiger partial charge in [0.15, 0.2) is 11.5 Å². The van der Waals surface area contributed by atoms with Crippen molar-refractivity contribution < 1.29 is 14.6 Å². The van der Waals surface area contributed by atoms with Crippen LogP contribution in [0.1, 0.15) is 42.4 Å². The molecular weight excluding hydrogens is 278 g/mol. The summed E-state index contributed by atoms with van der Waals surface area (Å²) >= 11 is 0. The minimum atomic E-state index is -0.362. The summed E-state index contributed by atoms with van der Waals surface area (Å²) < 4.78 is 11.2. The van der Waals surface area contributed by atoms with E-state index in [-0.39, 0.29) is 5.54 Å². The summed E-state index contributed by atoms with van der Waals surface area (Å²) in [7, 11) is 1.76. The number of aryl methyl sites for hydroxylation is 2. The summed E-state index contributed by atoms with van der Waals surface area (Å²) in [5.41, 5.74) is 2.92. The van der Waals surface area contributed by atoms with Crippen LogP contribution in [-0.2, 0) is 9.47 Å². The first-order valence-electron chi connectivity index (χ1n) is 7.98. The van der Waals surface area contributed by atoms with Gasteiger partial charge in [-0.2, -0.15) is 0 Å². The second-order valence-electron chi connectivity index (χ2n) is 6.48. The highest BCUT2D eigenvalue weighted by Crippen LogP contribution is 2.40. The van der Waals surface area contributed by atoms with E-state index in [1.807, 2.05) is 0 Å². The van der Waals surface area contributed by atoms with E-state index in [4.69, 9.17) is 9.47 Å². The van der Waals surface area contributed by atoms with Gasteiger partial charge < -0.3 is 14.6 Å². The van der Waals surface area contributed by atoms with Crippen molar-refractivity contribution in [3.05, 3.63) is 40.6 Å². The van der Waals surface area contributed by atoms with E-state index in [9.17, 15) is 5.11 Å². The number of methoxy groups -OCH3 is 1. The van der Waals surface area contributed by atoms with Crippen LogP contribution in [0.3, 0.4) is 0 Å². The molecule has 0 unspecified atom stereocenters. The van der Waals surface area contributed by atoms with E-state index >= 15 is 0 Å². The van der Waals surface area contributed by atoms with Gasteiger partial charge in [0.1, 0.15) is 6.73 Å². The Labute approximate surface area is 132 Å². The number of aliphatic hydroxyl groups is 1. The molecule has 1 aliphatic carbocycles. The molecule has 1 fully saturated rings. The van der Waals surface area contributed by atoms with E-state index in [0.717, 1.165) is 36.8 Å². The molecule has 3 rings (SSSR count). The average molecular weight is 303 g/mol. The molecule has 0 saturated heterocycles. The number of ether oxygens (including phenoxy) is 2. The van der Waals surface area contributed by atoms with Crippen LogP contribution in [0.15, 0.2) is 24.0 Å². The minimum absolute atomic E-state index is 0.298. The van der Waals surface area contributed by atoms with Crippen LogP contribution in [0.4, 0.5) is 0 Å². The van der Waals surface area contributed by atoms with Crippen molar-refractivity contribution in [3.8, 4) is 0 Å². The monoisotopic (exact) mass is 303 g/mol. The van der Waals surface area contributed by atoms with E-state index in [0.29, 0.717) is 24.4 Å². The van der Waals surface area contributed by atoms with Crippen molar-refractivity contribution in [2.45, 2.75) is 51.2 Å². The SMILES string of the molecule is COC1CCC2(CC1)NCOC(c1cc(C)ccc1C)=C2O. The van der Waals surface area contributed by atoms with Crippen molar-refractivity contribution in [1.82, 2.24) is 5.32 Å². The van der Waals surface area contributed by atoms with E-state index < -0.39 is 0 Å². The summed E-state index contributed by atoms with van der Waals surface area (Å²) in [5.74, 6) is 0.984. The lowest BCUT2D eigenvalue weighted by molar-refractivity contribution is 0.0224. The maximum Gasteiger partial charge on any atom is 0.168 e. The van der Waals surface area contributed by atoms with Gasteiger partial charge in [-0.05, 0) is 51.2 Å². The van der Waals surface area contributed by atoms with Crippen LogP contribution in [0.5, 0.6) is 0 Å². The van der Waals surface area contributed by atoms with Crippen molar-refractivity contribution in [1.29, 1.82) is 0 Å². The van der Waals surface area contributed by atoms with Gasteiger partial charge >= 0.3 is 0 Å². The molecule has 1 heterocycles. The maximum absolute atomic E-state index is 10.9. The predicted molar refractivity (Wildman–Crippen MR) is 86.5 cm³/mol. The van der Waals surface area contributed by atoms with E-state index in [1.54, 1.807) is 7.11 Å². The molecule has 1 saturated carbocycles. The third-order valence-electron chi connectivity index (χ3n) is 5.05. The molecule has 2 aliphatic rings. The fourth-order valence-electron chi connectivity index (χ4n) is 3.53. The lowest BCUT2D eigenvalue weighted by Crippen LogP contribution is -2.53.